The van der Waals surface area contributed by atoms with E-state index in [4.69, 9.17) is 4.52 Å². The van der Waals surface area contributed by atoms with E-state index in [9.17, 15) is 5.26 Å². The highest BCUT2D eigenvalue weighted by atomic mass is 16.5. The number of nitrogens with zero attached hydrogens (tertiary/aromatic N) is 6. The van der Waals surface area contributed by atoms with Gasteiger partial charge in [-0.2, -0.15) is 10.2 Å². The fraction of sp³-hybridized carbons (Fsp3) is 0.556. The average molecular weight is 338 g/mol. The number of aryl methyl sites for hydroxylation is 1. The van der Waals surface area contributed by atoms with Gasteiger partial charge in [0.05, 0.1) is 11.0 Å². The van der Waals surface area contributed by atoms with Gasteiger partial charge in [0, 0.05) is 38.6 Å². The number of fused-ring (bicyclic) bond motifs is 1. The molecule has 25 heavy (non-hydrogen) atoms. The third kappa shape index (κ3) is 2.81. The smallest absolute Gasteiger partial charge is 0.234 e. The molecular formula is C18H22N6O. The Morgan fingerprint density at radius 1 is 1.44 bits per heavy atom. The lowest BCUT2D eigenvalue weighted by Crippen LogP contribution is -2.48. The van der Waals surface area contributed by atoms with Crippen LogP contribution in [-0.2, 0) is 12.0 Å². The number of pyridine rings is 1. The number of likely N-dealkylation sites (tertiary alicyclic amines) is 2. The topological polar surface area (TPSA) is 82.1 Å². The number of aromatic nitrogens is 3. The molecule has 0 amide bonds. The van der Waals surface area contributed by atoms with Crippen LogP contribution in [0.1, 0.15) is 29.3 Å². The SMILES string of the molecule is Cc1noc([C@@]23CCN(C)C[C@@H]2CN(Cc2ccncc2C#N)C3)n1. The molecule has 0 bridgehead atoms. The van der Waals surface area contributed by atoms with Gasteiger partial charge in [-0.25, -0.2) is 0 Å². The van der Waals surface area contributed by atoms with Crippen LogP contribution in [0.25, 0.3) is 0 Å². The van der Waals surface area contributed by atoms with Gasteiger partial charge in [-0.15, -0.1) is 0 Å². The fourth-order valence-electron chi connectivity index (χ4n) is 4.32. The van der Waals surface area contributed by atoms with E-state index in [0.717, 1.165) is 50.6 Å². The van der Waals surface area contributed by atoms with Crippen LogP contribution < -0.4 is 0 Å². The van der Waals surface area contributed by atoms with Gasteiger partial charge < -0.3 is 9.42 Å². The summed E-state index contributed by atoms with van der Waals surface area (Å²) in [4.78, 5) is 13.4. The maximum Gasteiger partial charge on any atom is 0.234 e. The summed E-state index contributed by atoms with van der Waals surface area (Å²) >= 11 is 0. The van der Waals surface area contributed by atoms with Crippen LogP contribution in [0.15, 0.2) is 23.0 Å². The Kier molecular flexibility index (Phi) is 4.02. The molecular weight excluding hydrogens is 316 g/mol. The van der Waals surface area contributed by atoms with Gasteiger partial charge in [0.1, 0.15) is 6.07 Å². The van der Waals surface area contributed by atoms with Crippen molar-refractivity contribution >= 4 is 0 Å². The molecule has 0 saturated carbocycles. The van der Waals surface area contributed by atoms with Crippen LogP contribution in [0.4, 0.5) is 0 Å². The predicted molar refractivity (Wildman–Crippen MR) is 90.5 cm³/mol. The molecule has 2 atom stereocenters. The normalized spacial score (nSPS) is 27.2. The van der Waals surface area contributed by atoms with Crippen LogP contribution in [0.3, 0.4) is 0 Å². The monoisotopic (exact) mass is 338 g/mol. The Morgan fingerprint density at radius 3 is 3.08 bits per heavy atom. The van der Waals surface area contributed by atoms with Gasteiger partial charge >= 0.3 is 0 Å². The van der Waals surface area contributed by atoms with Gasteiger partial charge in [0.2, 0.25) is 5.89 Å². The Hall–Kier alpha value is -2.30. The third-order valence-corrected chi connectivity index (χ3v) is 5.62. The Morgan fingerprint density at radius 2 is 2.32 bits per heavy atom. The molecule has 0 radical (unpaired) electrons. The first-order valence-electron chi connectivity index (χ1n) is 8.65. The van der Waals surface area contributed by atoms with Gasteiger partial charge in [0.15, 0.2) is 5.82 Å². The quantitative estimate of drug-likeness (QED) is 0.835. The molecule has 2 aromatic rings. The highest BCUT2D eigenvalue weighted by molar-refractivity contribution is 5.34. The summed E-state index contributed by atoms with van der Waals surface area (Å²) in [7, 11) is 2.17. The van der Waals surface area contributed by atoms with Crippen molar-refractivity contribution < 1.29 is 4.52 Å². The Bertz CT molecular complexity index is 812. The lowest BCUT2D eigenvalue weighted by molar-refractivity contribution is 0.118. The number of hydrogen-bond donors (Lipinski definition) is 0. The van der Waals surface area contributed by atoms with Crippen molar-refractivity contribution in [2.45, 2.75) is 25.3 Å². The molecule has 7 heteroatoms. The second kappa shape index (κ2) is 6.21. The van der Waals surface area contributed by atoms with Crippen molar-refractivity contribution in [3.8, 4) is 6.07 Å². The molecule has 2 fully saturated rings. The summed E-state index contributed by atoms with van der Waals surface area (Å²) in [5, 5.41) is 13.3. The number of nitriles is 1. The van der Waals surface area contributed by atoms with Crippen molar-refractivity contribution in [2.24, 2.45) is 5.92 Å². The second-order valence-corrected chi connectivity index (χ2v) is 7.33. The molecule has 0 aromatic carbocycles. The summed E-state index contributed by atoms with van der Waals surface area (Å²) in [5.74, 6) is 1.93. The molecule has 4 rings (SSSR count). The molecule has 0 N–H and O–H groups in total. The minimum absolute atomic E-state index is 0.0758. The lowest BCUT2D eigenvalue weighted by Gasteiger charge is -2.39. The second-order valence-electron chi connectivity index (χ2n) is 7.33. The largest absolute Gasteiger partial charge is 0.339 e. The van der Waals surface area contributed by atoms with E-state index in [1.165, 1.54) is 0 Å². The molecule has 130 valence electrons. The molecule has 0 unspecified atom stereocenters. The van der Waals surface area contributed by atoms with Crippen molar-refractivity contribution in [2.75, 3.05) is 33.2 Å². The van der Waals surface area contributed by atoms with Gasteiger partial charge in [-0.3, -0.25) is 9.88 Å². The van der Waals surface area contributed by atoms with Gasteiger partial charge in [0.25, 0.3) is 0 Å². The molecule has 0 spiro atoms. The summed E-state index contributed by atoms with van der Waals surface area (Å²) in [6.07, 6.45) is 4.42. The van der Waals surface area contributed by atoms with E-state index >= 15 is 0 Å². The lowest BCUT2D eigenvalue weighted by atomic mass is 9.72. The summed E-state index contributed by atoms with van der Waals surface area (Å²) in [5.41, 5.74) is 1.60. The first-order chi connectivity index (χ1) is 12.1. The zero-order valence-electron chi connectivity index (χ0n) is 14.6. The number of hydrogen-bond acceptors (Lipinski definition) is 7. The first kappa shape index (κ1) is 16.2. The first-order valence-corrected chi connectivity index (χ1v) is 8.65. The maximum atomic E-state index is 9.32. The van der Waals surface area contributed by atoms with Crippen molar-refractivity contribution in [1.29, 1.82) is 5.26 Å². The molecule has 4 heterocycles. The van der Waals surface area contributed by atoms with E-state index < -0.39 is 0 Å². The fourth-order valence-corrected chi connectivity index (χ4v) is 4.32. The van der Waals surface area contributed by atoms with E-state index in [2.05, 4.69) is 38.0 Å². The minimum Gasteiger partial charge on any atom is -0.339 e. The average Bonchev–Trinajstić information content (AvgIpc) is 3.19. The zero-order valence-corrected chi connectivity index (χ0v) is 14.6. The third-order valence-electron chi connectivity index (χ3n) is 5.62. The molecule has 0 aliphatic carbocycles. The van der Waals surface area contributed by atoms with Crippen molar-refractivity contribution in [3.63, 3.8) is 0 Å². The zero-order chi connectivity index (χ0) is 17.4. The Balaban J connectivity index is 1.62. The van der Waals surface area contributed by atoms with Crippen molar-refractivity contribution in [3.05, 3.63) is 41.3 Å². The molecule has 2 saturated heterocycles. The number of rotatable bonds is 3. The highest BCUT2D eigenvalue weighted by Crippen LogP contribution is 2.44. The van der Waals surface area contributed by atoms with Crippen LogP contribution in [0.5, 0.6) is 0 Å². The van der Waals surface area contributed by atoms with E-state index in [0.29, 0.717) is 17.3 Å². The molecule has 2 aromatic heterocycles. The standard InChI is InChI=1S/C18H22N6O/c1-13-21-17(25-22-13)18-4-6-23(2)10-16(18)11-24(12-18)9-14-3-5-20-8-15(14)7-19/h3,5,8,16H,4,6,9-12H2,1-2H3/t16-,18-/m1/s1. The Labute approximate surface area is 147 Å². The van der Waals surface area contributed by atoms with Crippen LogP contribution in [0.2, 0.25) is 0 Å². The molecule has 2 aliphatic heterocycles. The maximum absolute atomic E-state index is 9.32. The summed E-state index contributed by atoms with van der Waals surface area (Å²) in [6.45, 7) is 6.54. The van der Waals surface area contributed by atoms with Gasteiger partial charge in [-0.05, 0) is 44.5 Å². The summed E-state index contributed by atoms with van der Waals surface area (Å²) in [6, 6.07) is 4.19. The predicted octanol–water partition coefficient (Wildman–Crippen LogP) is 1.35. The molecule has 7 nitrogen and oxygen atoms in total. The van der Waals surface area contributed by atoms with Crippen LogP contribution >= 0.6 is 0 Å². The van der Waals surface area contributed by atoms with Crippen LogP contribution in [-0.4, -0.2) is 58.2 Å². The minimum atomic E-state index is -0.0758. The van der Waals surface area contributed by atoms with Gasteiger partial charge in [-0.1, -0.05) is 5.16 Å². The summed E-state index contributed by atoms with van der Waals surface area (Å²) < 4.78 is 5.62. The number of piperidine rings is 1. The molecule has 2 aliphatic rings. The highest BCUT2D eigenvalue weighted by Gasteiger charge is 2.53. The van der Waals surface area contributed by atoms with Crippen molar-refractivity contribution in [1.82, 2.24) is 24.9 Å². The van der Waals surface area contributed by atoms with E-state index in [-0.39, 0.29) is 5.41 Å². The van der Waals surface area contributed by atoms with E-state index in [1.807, 2.05) is 13.0 Å². The van der Waals surface area contributed by atoms with E-state index in [1.54, 1.807) is 12.4 Å². The van der Waals surface area contributed by atoms with Crippen LogP contribution in [0, 0.1) is 24.2 Å².